The van der Waals surface area contributed by atoms with Crippen molar-refractivity contribution in [2.24, 2.45) is 12.8 Å². The van der Waals surface area contributed by atoms with Crippen LogP contribution in [0.25, 0.3) is 33.1 Å². The summed E-state index contributed by atoms with van der Waals surface area (Å²) in [7, 11) is 2.01. The Bertz CT molecular complexity index is 1520. The summed E-state index contributed by atoms with van der Waals surface area (Å²) in [5.74, 6) is 6.33. The normalized spacial score (nSPS) is 13.3. The van der Waals surface area contributed by atoms with Gasteiger partial charge in [0.1, 0.15) is 0 Å². The van der Waals surface area contributed by atoms with Crippen molar-refractivity contribution in [1.29, 1.82) is 0 Å². The molecule has 4 aromatic rings. The van der Waals surface area contributed by atoms with Gasteiger partial charge in [-0.15, -0.1) is 0 Å². The van der Waals surface area contributed by atoms with Crippen molar-refractivity contribution in [3.05, 3.63) is 76.4 Å². The quantitative estimate of drug-likeness (QED) is 0.303. The van der Waals surface area contributed by atoms with E-state index >= 15 is 0 Å². The van der Waals surface area contributed by atoms with Crippen molar-refractivity contribution >= 4 is 43.6 Å². The molecule has 0 unspecified atom stereocenters. The predicted molar refractivity (Wildman–Crippen MR) is 145 cm³/mol. The third-order valence-corrected chi connectivity index (χ3v) is 6.63. The highest BCUT2D eigenvalue weighted by Gasteiger charge is 2.17. The molecule has 0 aliphatic carbocycles. The largest absolute Gasteiger partial charge is 0.351 e. The third-order valence-electron chi connectivity index (χ3n) is 6.14. The first-order valence-corrected chi connectivity index (χ1v) is 12.4. The molecule has 0 bridgehead atoms. The van der Waals surface area contributed by atoms with E-state index < -0.39 is 0 Å². The van der Waals surface area contributed by atoms with Gasteiger partial charge >= 0.3 is 0 Å². The number of amides is 1. The summed E-state index contributed by atoms with van der Waals surface area (Å²) in [6.07, 6.45) is 6.36. The first-order chi connectivity index (χ1) is 17.0. The molecule has 0 spiro atoms. The topological polar surface area (TPSA) is 76.2 Å². The van der Waals surface area contributed by atoms with Crippen molar-refractivity contribution in [2.75, 3.05) is 32.7 Å². The highest BCUT2D eigenvalue weighted by atomic mass is 79.9. The van der Waals surface area contributed by atoms with E-state index in [1.54, 1.807) is 0 Å². The monoisotopic (exact) mass is 527 g/mol. The molecule has 1 aliphatic heterocycles. The van der Waals surface area contributed by atoms with Gasteiger partial charge in [0.25, 0.3) is 5.91 Å². The molecule has 0 saturated heterocycles. The van der Waals surface area contributed by atoms with Gasteiger partial charge in [-0.2, -0.15) is 0 Å². The maximum atomic E-state index is 13.2. The van der Waals surface area contributed by atoms with Crippen LogP contribution >= 0.6 is 15.9 Å². The average Bonchev–Trinajstić information content (AvgIpc) is 3.49. The molecule has 1 amide bonds. The minimum Gasteiger partial charge on any atom is -0.351 e. The molecule has 3 N–H and O–H groups in total. The van der Waals surface area contributed by atoms with Crippen LogP contribution in [0.5, 0.6) is 0 Å². The molecule has 0 saturated carbocycles. The molecule has 5 rings (SSSR count). The summed E-state index contributed by atoms with van der Waals surface area (Å²) in [6, 6.07) is 13.9. The number of nitrogens with one attached hydrogen (secondary N) is 1. The van der Waals surface area contributed by atoms with Crippen molar-refractivity contribution in [3.8, 4) is 23.1 Å². The molecule has 6 nitrogen and oxygen atoms in total. The van der Waals surface area contributed by atoms with Crippen LogP contribution in [0.4, 0.5) is 0 Å². The number of pyridine rings is 1. The lowest BCUT2D eigenvalue weighted by Gasteiger charge is -2.11. The molecule has 35 heavy (non-hydrogen) atoms. The van der Waals surface area contributed by atoms with E-state index in [1.807, 2.05) is 37.4 Å². The van der Waals surface area contributed by atoms with Crippen LogP contribution in [0, 0.1) is 11.8 Å². The van der Waals surface area contributed by atoms with Gasteiger partial charge in [-0.1, -0.05) is 39.9 Å². The molecule has 7 heteroatoms. The second-order valence-corrected chi connectivity index (χ2v) is 9.53. The molecular weight excluding hydrogens is 502 g/mol. The Balaban J connectivity index is 1.60. The fourth-order valence-electron chi connectivity index (χ4n) is 4.38. The Morgan fingerprint density at radius 1 is 1.14 bits per heavy atom. The molecule has 1 aliphatic rings. The number of nitrogens with two attached hydrogens (primary N) is 1. The molecule has 176 valence electrons. The van der Waals surface area contributed by atoms with Gasteiger partial charge in [-0.25, -0.2) is 4.98 Å². The van der Waals surface area contributed by atoms with E-state index in [0.717, 1.165) is 56.2 Å². The molecule has 0 radical (unpaired) electrons. The summed E-state index contributed by atoms with van der Waals surface area (Å²) < 4.78 is 3.07. The zero-order chi connectivity index (χ0) is 24.4. The molecular formula is C28H26BrN5O. The number of aromatic nitrogens is 2. The van der Waals surface area contributed by atoms with Crippen LogP contribution in [0.3, 0.4) is 0 Å². The third kappa shape index (κ3) is 4.87. The van der Waals surface area contributed by atoms with E-state index in [4.69, 9.17) is 10.7 Å². The lowest BCUT2D eigenvalue weighted by atomic mass is 10.0. The standard InChI is InChI=1S/C28H26BrN5O/c1-33-18-24(22-16-20(29)7-9-27(22)33)26-17-23(28(35)31-11-10-30)21-15-19(6-8-25(21)32-26)5-4-14-34-12-2-3-13-34/h2-3,6-9,15-18H,10-14,30H2,1H3,(H,31,35). The summed E-state index contributed by atoms with van der Waals surface area (Å²) >= 11 is 3.58. The van der Waals surface area contributed by atoms with E-state index in [0.29, 0.717) is 25.2 Å². The smallest absolute Gasteiger partial charge is 0.252 e. The van der Waals surface area contributed by atoms with Gasteiger partial charge in [0.2, 0.25) is 0 Å². The maximum Gasteiger partial charge on any atom is 0.252 e. The number of carbonyl (C=O) groups is 1. The van der Waals surface area contributed by atoms with Gasteiger partial charge in [0, 0.05) is 71.3 Å². The van der Waals surface area contributed by atoms with Crippen LogP contribution < -0.4 is 11.1 Å². The fourth-order valence-corrected chi connectivity index (χ4v) is 4.74. The first-order valence-electron chi connectivity index (χ1n) is 11.6. The Hall–Kier alpha value is -3.44. The zero-order valence-corrected chi connectivity index (χ0v) is 21.1. The Morgan fingerprint density at radius 2 is 1.97 bits per heavy atom. The lowest BCUT2D eigenvalue weighted by molar-refractivity contribution is 0.0956. The van der Waals surface area contributed by atoms with Crippen molar-refractivity contribution in [1.82, 2.24) is 19.8 Å². The van der Waals surface area contributed by atoms with Crippen LogP contribution in [0.15, 0.2) is 65.3 Å². The fraction of sp³-hybridized carbons (Fsp3) is 0.214. The first kappa shape index (κ1) is 23.3. The zero-order valence-electron chi connectivity index (χ0n) is 19.5. The average molecular weight is 528 g/mol. The van der Waals surface area contributed by atoms with Crippen LogP contribution in [-0.2, 0) is 7.05 Å². The van der Waals surface area contributed by atoms with Gasteiger partial charge < -0.3 is 15.6 Å². The number of aryl methyl sites for hydroxylation is 1. The lowest BCUT2D eigenvalue weighted by Crippen LogP contribution is -2.29. The minimum atomic E-state index is -0.168. The predicted octanol–water partition coefficient (Wildman–Crippen LogP) is 4.07. The summed E-state index contributed by atoms with van der Waals surface area (Å²) in [6.45, 7) is 3.37. The van der Waals surface area contributed by atoms with Gasteiger partial charge in [-0.05, 0) is 42.5 Å². The number of carbonyl (C=O) groups excluding carboxylic acids is 1. The number of hydrogen-bond acceptors (Lipinski definition) is 4. The highest BCUT2D eigenvalue weighted by Crippen LogP contribution is 2.33. The molecule has 2 aromatic carbocycles. The van der Waals surface area contributed by atoms with Gasteiger partial charge in [0.05, 0.1) is 23.3 Å². The number of fused-ring (bicyclic) bond motifs is 2. The number of halogens is 1. The molecule has 2 aromatic heterocycles. The van der Waals surface area contributed by atoms with Crippen molar-refractivity contribution in [3.63, 3.8) is 0 Å². The Labute approximate surface area is 212 Å². The summed E-state index contributed by atoms with van der Waals surface area (Å²) in [5.41, 5.74) is 10.6. The molecule has 3 heterocycles. The van der Waals surface area contributed by atoms with E-state index in [1.165, 1.54) is 0 Å². The van der Waals surface area contributed by atoms with E-state index in [-0.39, 0.29) is 5.91 Å². The minimum absolute atomic E-state index is 0.168. The van der Waals surface area contributed by atoms with E-state index in [2.05, 4.69) is 73.0 Å². The Morgan fingerprint density at radius 3 is 2.77 bits per heavy atom. The summed E-state index contributed by atoms with van der Waals surface area (Å²) in [4.78, 5) is 20.4. The number of rotatable bonds is 5. The highest BCUT2D eigenvalue weighted by molar-refractivity contribution is 9.10. The SMILES string of the molecule is Cn1cc(-c2cc(C(=O)NCCN)c3cc(C#CCN4CC=CC4)ccc3n2)c2cc(Br)ccc21. The second kappa shape index (κ2) is 10.0. The number of benzene rings is 2. The maximum absolute atomic E-state index is 13.2. The number of hydrogen-bond donors (Lipinski definition) is 2. The van der Waals surface area contributed by atoms with Gasteiger partial charge in [0.15, 0.2) is 0 Å². The number of nitrogens with zero attached hydrogens (tertiary/aromatic N) is 3. The van der Waals surface area contributed by atoms with Crippen LogP contribution in [0.2, 0.25) is 0 Å². The van der Waals surface area contributed by atoms with Crippen molar-refractivity contribution in [2.45, 2.75) is 0 Å². The van der Waals surface area contributed by atoms with Crippen LogP contribution in [0.1, 0.15) is 15.9 Å². The second-order valence-electron chi connectivity index (χ2n) is 8.61. The molecule has 0 atom stereocenters. The van der Waals surface area contributed by atoms with Crippen molar-refractivity contribution < 1.29 is 4.79 Å². The molecule has 0 fully saturated rings. The van der Waals surface area contributed by atoms with Crippen LogP contribution in [-0.4, -0.2) is 53.1 Å². The van der Waals surface area contributed by atoms with E-state index in [9.17, 15) is 4.79 Å². The summed E-state index contributed by atoms with van der Waals surface area (Å²) in [5, 5.41) is 4.76. The Kier molecular flexibility index (Phi) is 6.69. The van der Waals surface area contributed by atoms with Gasteiger partial charge in [-0.3, -0.25) is 9.69 Å².